The van der Waals surface area contributed by atoms with Crippen LogP contribution in [0.25, 0.3) is 5.16 Å². The fourth-order valence-electron chi connectivity index (χ4n) is 4.52. The van der Waals surface area contributed by atoms with Crippen LogP contribution in [0.4, 0.5) is 0 Å². The summed E-state index contributed by atoms with van der Waals surface area (Å²) in [5.74, 6) is 1.95. The number of benzene rings is 1. The van der Waals surface area contributed by atoms with Crippen LogP contribution in [0, 0.1) is 19.3 Å². The molecule has 0 aliphatic heterocycles. The zero-order chi connectivity index (χ0) is 19.3. The summed E-state index contributed by atoms with van der Waals surface area (Å²) in [6.45, 7) is 8.74. The van der Waals surface area contributed by atoms with Gasteiger partial charge in [0.05, 0.1) is 0 Å². The molecule has 0 amide bonds. The van der Waals surface area contributed by atoms with Crippen LogP contribution in [0.2, 0.25) is 0 Å². The number of hydrogen-bond acceptors (Lipinski definition) is 0. The summed E-state index contributed by atoms with van der Waals surface area (Å²) in [7, 11) is 7.65. The van der Waals surface area contributed by atoms with Gasteiger partial charge in [-0.1, -0.05) is 76.3 Å². The first-order valence-electron chi connectivity index (χ1n) is 9.38. The summed E-state index contributed by atoms with van der Waals surface area (Å²) in [6, 6.07) is 8.74. The molecular formula is C22H32Cl2NPTi-2. The van der Waals surface area contributed by atoms with Crippen LogP contribution in [0.1, 0.15) is 52.0 Å². The van der Waals surface area contributed by atoms with Crippen LogP contribution in [0.5, 0.6) is 0 Å². The number of allylic oxidation sites excluding steroid dienone is 4. The average Bonchev–Trinajstić information content (AvgIpc) is 3.05. The molecule has 1 aromatic rings. The summed E-state index contributed by atoms with van der Waals surface area (Å²) in [5, 5.41) is 12.9. The number of rotatable bonds is 4. The number of halogens is 2. The Morgan fingerprint density at radius 2 is 1.41 bits per heavy atom. The van der Waals surface area contributed by atoms with Crippen LogP contribution in [-0.2, 0) is 17.0 Å². The SMILES string of the molecule is CC(C)P(=[N-])(c1ccccc1C1CC2C=CC=CC2C1)C(C)C.[CH3-].[Cl][Ti][Cl]. The van der Waals surface area contributed by atoms with E-state index in [0.717, 1.165) is 0 Å². The van der Waals surface area contributed by atoms with Crippen molar-refractivity contribution in [2.75, 3.05) is 0 Å². The van der Waals surface area contributed by atoms with Crippen molar-refractivity contribution in [3.05, 3.63) is 66.7 Å². The molecule has 0 spiro atoms. The van der Waals surface area contributed by atoms with E-state index in [1.165, 1.54) is 23.7 Å². The first-order chi connectivity index (χ1) is 12.4. The average molecular weight is 460 g/mol. The first-order valence-corrected chi connectivity index (χ1v) is 15.6. The second kappa shape index (κ2) is 11.4. The molecule has 2 unspecified atom stereocenters. The van der Waals surface area contributed by atoms with Gasteiger partial charge >= 0.3 is 35.6 Å². The molecular weight excluding hydrogens is 428 g/mol. The standard InChI is InChI=1S/C21H29NP.CH3.2ClH.Ti/c1-15(2)23(22,16(3)4)21-12-8-7-11-20(21)19-13-17-9-5-6-10-18(17)14-19;;;;/h5-12,15-19H,13-14H2,1-4H3;1H3;2*1H;/q2*-1;;;+2/p-2. The number of fused-ring (bicyclic) bond motifs is 1. The van der Waals surface area contributed by atoms with E-state index in [9.17, 15) is 5.16 Å². The van der Waals surface area contributed by atoms with Gasteiger partial charge in [0.2, 0.25) is 0 Å². The quantitative estimate of drug-likeness (QED) is 0.247. The van der Waals surface area contributed by atoms with Gasteiger partial charge in [-0.05, 0) is 52.8 Å². The van der Waals surface area contributed by atoms with E-state index < -0.39 is 24.1 Å². The van der Waals surface area contributed by atoms with E-state index in [-0.39, 0.29) is 7.43 Å². The van der Waals surface area contributed by atoms with Crippen molar-refractivity contribution >= 4 is 31.0 Å². The first kappa shape index (κ1) is 25.3. The second-order valence-corrected chi connectivity index (χ2v) is 14.4. The van der Waals surface area contributed by atoms with Gasteiger partial charge in [-0.3, -0.25) is 0 Å². The van der Waals surface area contributed by atoms with Crippen molar-refractivity contribution in [1.29, 1.82) is 0 Å². The normalized spacial score (nSPS) is 23.5. The molecule has 0 bridgehead atoms. The molecule has 1 fully saturated rings. The van der Waals surface area contributed by atoms with Crippen molar-refractivity contribution in [3.8, 4) is 0 Å². The van der Waals surface area contributed by atoms with Crippen molar-refractivity contribution in [3.63, 3.8) is 0 Å². The monoisotopic (exact) mass is 459 g/mol. The Bertz CT molecular complexity index is 667. The molecule has 0 saturated heterocycles. The molecule has 3 rings (SSSR count). The molecule has 0 radical (unpaired) electrons. The fourth-order valence-corrected chi connectivity index (χ4v) is 7.83. The van der Waals surface area contributed by atoms with E-state index in [1.54, 1.807) is 0 Å². The van der Waals surface area contributed by atoms with Crippen LogP contribution in [-0.4, -0.2) is 11.3 Å². The molecule has 0 heterocycles. The minimum absolute atomic E-state index is 0. The Labute approximate surface area is 183 Å². The Morgan fingerprint density at radius 3 is 1.85 bits per heavy atom. The molecule has 1 saturated carbocycles. The van der Waals surface area contributed by atoms with Gasteiger partial charge in [0.1, 0.15) is 0 Å². The number of nitrogens with zero attached hydrogens (tertiary/aromatic N) is 1. The van der Waals surface area contributed by atoms with Crippen LogP contribution in [0.3, 0.4) is 0 Å². The predicted octanol–water partition coefficient (Wildman–Crippen LogP) is 7.96. The summed E-state index contributed by atoms with van der Waals surface area (Å²) < 4.78 is 0. The van der Waals surface area contributed by atoms with Gasteiger partial charge in [-0.2, -0.15) is 7.05 Å². The minimum atomic E-state index is -2.13. The van der Waals surface area contributed by atoms with Gasteiger partial charge in [0, 0.05) is 0 Å². The number of hydrogen-bond donors (Lipinski definition) is 0. The van der Waals surface area contributed by atoms with E-state index in [4.69, 9.17) is 18.6 Å². The van der Waals surface area contributed by atoms with Crippen LogP contribution in [0.15, 0.2) is 48.6 Å². The molecule has 1 nitrogen and oxygen atoms in total. The van der Waals surface area contributed by atoms with Gasteiger partial charge in [0.15, 0.2) is 0 Å². The maximum absolute atomic E-state index is 11.6. The van der Waals surface area contributed by atoms with Crippen molar-refractivity contribution in [2.45, 2.75) is 57.8 Å². The van der Waals surface area contributed by atoms with Gasteiger partial charge in [-0.25, -0.2) is 0 Å². The third-order valence-corrected chi connectivity index (χ3v) is 10.2. The van der Waals surface area contributed by atoms with E-state index in [2.05, 4.69) is 76.3 Å². The Kier molecular flexibility index (Phi) is 10.7. The van der Waals surface area contributed by atoms with Crippen molar-refractivity contribution < 1.29 is 17.0 Å². The molecule has 2 aliphatic carbocycles. The molecule has 0 aromatic heterocycles. The fraction of sp³-hybridized carbons (Fsp3) is 0.500. The summed E-state index contributed by atoms with van der Waals surface area (Å²) in [5.41, 5.74) is 2.04. The van der Waals surface area contributed by atoms with Gasteiger partial charge < -0.3 is 12.6 Å². The van der Waals surface area contributed by atoms with E-state index >= 15 is 0 Å². The molecule has 27 heavy (non-hydrogen) atoms. The van der Waals surface area contributed by atoms with Gasteiger partial charge in [-0.15, -0.1) is 0 Å². The molecule has 150 valence electrons. The molecule has 0 N–H and O–H groups in total. The Hall–Kier alpha value is 0.224. The predicted molar refractivity (Wildman–Crippen MR) is 122 cm³/mol. The molecule has 2 aliphatic rings. The molecule has 1 aromatic carbocycles. The zero-order valence-corrected chi connectivity index (χ0v) is 21.0. The van der Waals surface area contributed by atoms with Crippen molar-refractivity contribution in [2.24, 2.45) is 11.8 Å². The second-order valence-electron chi connectivity index (χ2n) is 7.82. The summed E-state index contributed by atoms with van der Waals surface area (Å²) in [6.07, 6.45) is 11.6. The van der Waals surface area contributed by atoms with Gasteiger partial charge in [0.25, 0.3) is 0 Å². The zero-order valence-electron chi connectivity index (χ0n) is 17.1. The topological polar surface area (TPSA) is 22.3 Å². The Morgan fingerprint density at radius 1 is 0.963 bits per heavy atom. The maximum atomic E-state index is 11.6. The van der Waals surface area contributed by atoms with Crippen LogP contribution >= 0.6 is 25.7 Å². The third kappa shape index (κ3) is 5.64. The Balaban J connectivity index is 0.000000855. The van der Waals surface area contributed by atoms with Crippen LogP contribution < -0.4 is 5.30 Å². The van der Waals surface area contributed by atoms with E-state index in [0.29, 0.717) is 29.1 Å². The third-order valence-electron chi connectivity index (χ3n) is 5.83. The van der Waals surface area contributed by atoms with Crippen molar-refractivity contribution in [1.82, 2.24) is 0 Å². The molecule has 5 heteroatoms. The van der Waals surface area contributed by atoms with E-state index in [1.807, 2.05) is 0 Å². The summed E-state index contributed by atoms with van der Waals surface area (Å²) >= 11 is -0.556. The molecule has 2 atom stereocenters. The summed E-state index contributed by atoms with van der Waals surface area (Å²) in [4.78, 5) is 0.